The zero-order chi connectivity index (χ0) is 13.1. The Kier molecular flexibility index (Phi) is 3.05. The van der Waals surface area contributed by atoms with E-state index in [1.807, 2.05) is 0 Å². The second-order valence-corrected chi connectivity index (χ2v) is 3.54. The van der Waals surface area contributed by atoms with Gasteiger partial charge in [-0.3, -0.25) is 10.1 Å². The van der Waals surface area contributed by atoms with E-state index in [1.165, 1.54) is 19.1 Å². The molecule has 0 aliphatic rings. The maximum Gasteiger partial charge on any atom is 0.278 e. The van der Waals surface area contributed by atoms with Gasteiger partial charge >= 0.3 is 0 Å². The van der Waals surface area contributed by atoms with Crippen LogP contribution in [-0.4, -0.2) is 21.0 Å². The monoisotopic (exact) mass is 247 g/mol. The summed E-state index contributed by atoms with van der Waals surface area (Å²) in [5, 5.41) is 26.2. The quantitative estimate of drug-likeness (QED) is 0.388. The summed E-state index contributed by atoms with van der Waals surface area (Å²) in [4.78, 5) is 10.4. The van der Waals surface area contributed by atoms with E-state index in [9.17, 15) is 10.1 Å². The van der Waals surface area contributed by atoms with Crippen molar-refractivity contribution in [2.24, 2.45) is 5.16 Å². The Hall–Kier alpha value is -2.70. The highest BCUT2D eigenvalue weighted by Gasteiger charge is 2.18. The molecule has 1 N–H and O–H groups in total. The van der Waals surface area contributed by atoms with Crippen LogP contribution >= 0.6 is 0 Å². The summed E-state index contributed by atoms with van der Waals surface area (Å²) in [7, 11) is 0. The number of benzene rings is 1. The average Bonchev–Trinajstić information content (AvgIpc) is 2.87. The molecule has 1 heterocycles. The van der Waals surface area contributed by atoms with E-state index in [0.717, 1.165) is 0 Å². The van der Waals surface area contributed by atoms with Crippen LogP contribution in [0, 0.1) is 10.1 Å². The Bertz CT molecular complexity index is 618. The predicted molar refractivity (Wildman–Crippen MR) is 62.6 cm³/mol. The summed E-state index contributed by atoms with van der Waals surface area (Å²) < 4.78 is 4.94. The third kappa shape index (κ3) is 2.05. The maximum atomic E-state index is 10.9. The van der Waals surface area contributed by atoms with Gasteiger partial charge < -0.3 is 9.73 Å². The van der Waals surface area contributed by atoms with E-state index in [-0.39, 0.29) is 17.2 Å². The normalized spacial score (nSPS) is 11.5. The fourth-order valence-corrected chi connectivity index (χ4v) is 1.47. The first-order valence-electron chi connectivity index (χ1n) is 5.03. The summed E-state index contributed by atoms with van der Waals surface area (Å²) in [6.07, 6.45) is 0. The zero-order valence-corrected chi connectivity index (χ0v) is 9.40. The minimum Gasteiger partial charge on any atom is -0.411 e. The number of aromatic nitrogens is 1. The van der Waals surface area contributed by atoms with Crippen molar-refractivity contribution in [3.05, 3.63) is 46.2 Å². The third-order valence-electron chi connectivity index (χ3n) is 2.39. The van der Waals surface area contributed by atoms with E-state index < -0.39 is 4.92 Å². The van der Waals surface area contributed by atoms with E-state index in [1.54, 1.807) is 18.2 Å². The molecule has 1 aromatic heterocycles. The van der Waals surface area contributed by atoms with Crippen LogP contribution in [0.25, 0.3) is 11.3 Å². The van der Waals surface area contributed by atoms with Crippen molar-refractivity contribution in [3.8, 4) is 11.3 Å². The second kappa shape index (κ2) is 4.66. The van der Waals surface area contributed by atoms with Crippen molar-refractivity contribution >= 4 is 11.4 Å². The number of hydrogen-bond acceptors (Lipinski definition) is 6. The molecule has 18 heavy (non-hydrogen) atoms. The number of nitro benzene ring substituents is 1. The molecule has 0 bridgehead atoms. The van der Waals surface area contributed by atoms with Crippen molar-refractivity contribution in [2.45, 2.75) is 6.92 Å². The summed E-state index contributed by atoms with van der Waals surface area (Å²) >= 11 is 0. The highest BCUT2D eigenvalue weighted by Crippen LogP contribution is 2.28. The molecule has 0 fully saturated rings. The molecule has 0 atom stereocenters. The number of hydrogen-bond donors (Lipinski definition) is 1. The van der Waals surface area contributed by atoms with Crippen LogP contribution in [0.3, 0.4) is 0 Å². The van der Waals surface area contributed by atoms with Gasteiger partial charge in [0.25, 0.3) is 5.69 Å². The molecule has 2 rings (SSSR count). The minimum absolute atomic E-state index is 0.0593. The fourth-order valence-electron chi connectivity index (χ4n) is 1.47. The third-order valence-corrected chi connectivity index (χ3v) is 2.39. The number of para-hydroxylation sites is 1. The van der Waals surface area contributed by atoms with Gasteiger partial charge in [0.1, 0.15) is 11.4 Å². The Morgan fingerprint density at radius 2 is 2.22 bits per heavy atom. The molecule has 0 amide bonds. The van der Waals surface area contributed by atoms with Crippen LogP contribution in [-0.2, 0) is 0 Å². The van der Waals surface area contributed by atoms with Crippen LogP contribution in [0.2, 0.25) is 0 Å². The van der Waals surface area contributed by atoms with Crippen LogP contribution in [0.15, 0.2) is 40.0 Å². The van der Waals surface area contributed by atoms with Gasteiger partial charge in [-0.05, 0) is 13.0 Å². The molecule has 0 saturated heterocycles. The predicted octanol–water partition coefficient (Wildman–Crippen LogP) is 2.45. The lowest BCUT2D eigenvalue weighted by Crippen LogP contribution is -1.92. The molecule has 1 aromatic carbocycles. The lowest BCUT2D eigenvalue weighted by atomic mass is 10.1. The van der Waals surface area contributed by atoms with Gasteiger partial charge in [0.15, 0.2) is 5.76 Å². The Balaban J connectivity index is 2.50. The highest BCUT2D eigenvalue weighted by atomic mass is 16.6. The van der Waals surface area contributed by atoms with Gasteiger partial charge in [-0.25, -0.2) is 0 Å². The zero-order valence-electron chi connectivity index (χ0n) is 9.40. The van der Waals surface area contributed by atoms with Crippen molar-refractivity contribution in [2.75, 3.05) is 0 Å². The largest absolute Gasteiger partial charge is 0.411 e. The lowest BCUT2D eigenvalue weighted by molar-refractivity contribution is -0.384. The lowest BCUT2D eigenvalue weighted by Gasteiger charge is -1.96. The van der Waals surface area contributed by atoms with E-state index >= 15 is 0 Å². The summed E-state index contributed by atoms with van der Waals surface area (Å²) in [5.41, 5.74) is 0.854. The van der Waals surface area contributed by atoms with Gasteiger partial charge in [0, 0.05) is 12.1 Å². The van der Waals surface area contributed by atoms with Crippen molar-refractivity contribution in [3.63, 3.8) is 0 Å². The molecule has 2 aromatic rings. The Morgan fingerprint density at radius 3 is 2.89 bits per heavy atom. The van der Waals surface area contributed by atoms with Gasteiger partial charge in [-0.2, -0.15) is 0 Å². The van der Waals surface area contributed by atoms with E-state index in [2.05, 4.69) is 10.3 Å². The molecule has 92 valence electrons. The van der Waals surface area contributed by atoms with Crippen LogP contribution < -0.4 is 0 Å². The molecule has 7 heteroatoms. The summed E-state index contributed by atoms with van der Waals surface area (Å²) in [6.45, 7) is 1.53. The Morgan fingerprint density at radius 1 is 1.50 bits per heavy atom. The SMILES string of the molecule is C/C(=N/O)c1cc(-c2ccccc2[N+](=O)[O-])no1. The van der Waals surface area contributed by atoms with Crippen molar-refractivity contribution in [1.29, 1.82) is 0 Å². The van der Waals surface area contributed by atoms with Crippen LogP contribution in [0.5, 0.6) is 0 Å². The number of rotatable bonds is 3. The van der Waals surface area contributed by atoms with Crippen molar-refractivity contribution in [1.82, 2.24) is 5.16 Å². The molecule has 0 saturated carbocycles. The molecule has 0 radical (unpaired) electrons. The topological polar surface area (TPSA) is 102 Å². The summed E-state index contributed by atoms with van der Waals surface area (Å²) in [5.74, 6) is 0.255. The first kappa shape index (κ1) is 11.8. The van der Waals surface area contributed by atoms with Gasteiger partial charge in [-0.15, -0.1) is 0 Å². The average molecular weight is 247 g/mol. The minimum atomic E-state index is -0.489. The van der Waals surface area contributed by atoms with Gasteiger partial charge in [0.2, 0.25) is 0 Å². The number of oxime groups is 1. The second-order valence-electron chi connectivity index (χ2n) is 3.54. The molecule has 0 aliphatic heterocycles. The first-order valence-corrected chi connectivity index (χ1v) is 5.03. The standard InChI is InChI=1S/C11H9N3O4/c1-7(12-15)11-6-9(13-18-11)8-4-2-3-5-10(8)14(16)17/h2-6,15H,1H3/b12-7-. The molecule has 0 aliphatic carbocycles. The van der Waals surface area contributed by atoms with Crippen LogP contribution in [0.1, 0.15) is 12.7 Å². The van der Waals surface area contributed by atoms with Gasteiger partial charge in [-0.1, -0.05) is 22.4 Å². The van der Waals surface area contributed by atoms with E-state index in [0.29, 0.717) is 11.3 Å². The molecule has 7 nitrogen and oxygen atoms in total. The Labute approximate surface area is 101 Å². The molecule has 0 spiro atoms. The number of nitro groups is 1. The van der Waals surface area contributed by atoms with Crippen molar-refractivity contribution < 1.29 is 14.7 Å². The molecular formula is C11H9N3O4. The molecular weight excluding hydrogens is 238 g/mol. The molecule has 0 unspecified atom stereocenters. The van der Waals surface area contributed by atoms with E-state index in [4.69, 9.17) is 9.73 Å². The van der Waals surface area contributed by atoms with Crippen LogP contribution in [0.4, 0.5) is 5.69 Å². The number of nitrogens with zero attached hydrogens (tertiary/aromatic N) is 3. The smallest absolute Gasteiger partial charge is 0.278 e. The maximum absolute atomic E-state index is 10.9. The first-order chi connectivity index (χ1) is 8.63. The summed E-state index contributed by atoms with van der Waals surface area (Å²) in [6, 6.07) is 7.69. The fraction of sp³-hybridized carbons (Fsp3) is 0.0909. The van der Waals surface area contributed by atoms with Gasteiger partial charge in [0.05, 0.1) is 10.5 Å². The highest BCUT2D eigenvalue weighted by molar-refractivity contribution is 5.96.